The minimum Gasteiger partial charge on any atom is -0.358 e. The molecule has 0 radical (unpaired) electrons. The molecule has 0 spiro atoms. The number of hydrogen-bond acceptors (Lipinski definition) is 2. The zero-order valence-corrected chi connectivity index (χ0v) is 13.7. The highest BCUT2D eigenvalue weighted by Crippen LogP contribution is 2.20. The second-order valence-electron chi connectivity index (χ2n) is 5.39. The molecule has 1 saturated heterocycles. The van der Waals surface area contributed by atoms with Crippen LogP contribution in [0.25, 0.3) is 0 Å². The molecule has 0 aliphatic carbocycles. The van der Waals surface area contributed by atoms with E-state index in [2.05, 4.69) is 27.8 Å². The molecule has 1 atom stereocenters. The van der Waals surface area contributed by atoms with Gasteiger partial charge in [-0.2, -0.15) is 0 Å². The van der Waals surface area contributed by atoms with Crippen LogP contribution >= 0.6 is 15.9 Å². The van der Waals surface area contributed by atoms with Crippen molar-refractivity contribution in [3.8, 4) is 0 Å². The lowest BCUT2D eigenvalue weighted by Gasteiger charge is -2.34. The first kappa shape index (κ1) is 15.9. The number of rotatable bonds is 6. The van der Waals surface area contributed by atoms with Gasteiger partial charge in [-0.05, 0) is 37.5 Å². The van der Waals surface area contributed by atoms with Crippen molar-refractivity contribution in [2.75, 3.05) is 13.1 Å². The molecule has 1 heterocycles. The predicted octanol–water partition coefficient (Wildman–Crippen LogP) is 4.72. The molecular formula is C16H23BrFNO. The van der Waals surface area contributed by atoms with Gasteiger partial charge < -0.3 is 4.74 Å². The van der Waals surface area contributed by atoms with Crippen molar-refractivity contribution in [3.05, 3.63) is 34.1 Å². The molecule has 0 aromatic heterocycles. The quantitative estimate of drug-likeness (QED) is 0.741. The monoisotopic (exact) mass is 343 g/mol. The van der Waals surface area contributed by atoms with E-state index >= 15 is 0 Å². The fraction of sp³-hybridized carbons (Fsp3) is 0.625. The predicted molar refractivity (Wildman–Crippen MR) is 83.0 cm³/mol. The summed E-state index contributed by atoms with van der Waals surface area (Å²) in [6, 6.07) is 5.00. The van der Waals surface area contributed by atoms with E-state index in [1.165, 1.54) is 25.3 Å². The fourth-order valence-corrected chi connectivity index (χ4v) is 3.07. The molecule has 2 nitrogen and oxygen atoms in total. The van der Waals surface area contributed by atoms with Crippen molar-refractivity contribution in [1.29, 1.82) is 0 Å². The SMILES string of the molecule is CCCC(OCc1cc(Br)ccc1F)N1CCCCC1. The van der Waals surface area contributed by atoms with E-state index in [1.54, 1.807) is 12.1 Å². The lowest BCUT2D eigenvalue weighted by molar-refractivity contribution is -0.0807. The summed E-state index contributed by atoms with van der Waals surface area (Å²) >= 11 is 3.38. The van der Waals surface area contributed by atoms with Crippen LogP contribution in [-0.4, -0.2) is 24.2 Å². The van der Waals surface area contributed by atoms with Gasteiger partial charge in [0.05, 0.1) is 6.61 Å². The van der Waals surface area contributed by atoms with Crippen LogP contribution in [0.2, 0.25) is 0 Å². The molecule has 0 bridgehead atoms. The van der Waals surface area contributed by atoms with Gasteiger partial charge in [-0.25, -0.2) is 4.39 Å². The van der Waals surface area contributed by atoms with Crippen molar-refractivity contribution in [1.82, 2.24) is 4.90 Å². The third-order valence-electron chi connectivity index (χ3n) is 3.77. The van der Waals surface area contributed by atoms with E-state index < -0.39 is 0 Å². The number of halogens is 2. The molecule has 2 rings (SSSR count). The zero-order valence-electron chi connectivity index (χ0n) is 12.1. The fourth-order valence-electron chi connectivity index (χ4n) is 2.66. The number of piperidine rings is 1. The minimum absolute atomic E-state index is 0.124. The standard InChI is InChI=1S/C16H23BrFNO/c1-2-6-16(19-9-4-3-5-10-19)20-12-13-11-14(17)7-8-15(13)18/h7-8,11,16H,2-6,9-10,12H2,1H3. The maximum Gasteiger partial charge on any atom is 0.128 e. The van der Waals surface area contributed by atoms with Crippen LogP contribution in [0.4, 0.5) is 4.39 Å². The van der Waals surface area contributed by atoms with Gasteiger partial charge in [0.2, 0.25) is 0 Å². The van der Waals surface area contributed by atoms with Gasteiger partial charge in [0, 0.05) is 23.1 Å². The zero-order chi connectivity index (χ0) is 14.4. The summed E-state index contributed by atoms with van der Waals surface area (Å²) in [5.41, 5.74) is 0.623. The highest BCUT2D eigenvalue weighted by Gasteiger charge is 2.20. The Morgan fingerprint density at radius 3 is 2.75 bits per heavy atom. The molecule has 112 valence electrons. The van der Waals surface area contributed by atoms with Crippen LogP contribution in [0.5, 0.6) is 0 Å². The van der Waals surface area contributed by atoms with Gasteiger partial charge in [0.1, 0.15) is 12.0 Å². The first-order valence-corrected chi connectivity index (χ1v) is 8.29. The van der Waals surface area contributed by atoms with E-state index in [1.807, 2.05) is 0 Å². The van der Waals surface area contributed by atoms with Crippen LogP contribution in [0, 0.1) is 5.82 Å². The Morgan fingerprint density at radius 1 is 1.30 bits per heavy atom. The normalized spacial score (nSPS) is 18.1. The number of nitrogens with zero attached hydrogens (tertiary/aromatic N) is 1. The molecule has 20 heavy (non-hydrogen) atoms. The molecule has 0 saturated carbocycles. The molecule has 1 aromatic rings. The third-order valence-corrected chi connectivity index (χ3v) is 4.27. The topological polar surface area (TPSA) is 12.5 Å². The van der Waals surface area contributed by atoms with E-state index in [0.29, 0.717) is 12.2 Å². The Morgan fingerprint density at radius 2 is 2.05 bits per heavy atom. The Labute approximate surface area is 129 Å². The molecule has 0 N–H and O–H groups in total. The Hall–Kier alpha value is -0.450. The second-order valence-corrected chi connectivity index (χ2v) is 6.30. The van der Waals surface area contributed by atoms with E-state index in [4.69, 9.17) is 4.74 Å². The largest absolute Gasteiger partial charge is 0.358 e. The summed E-state index contributed by atoms with van der Waals surface area (Å²) in [5.74, 6) is -0.193. The van der Waals surface area contributed by atoms with Gasteiger partial charge >= 0.3 is 0 Å². The number of hydrogen-bond donors (Lipinski definition) is 0. The summed E-state index contributed by atoms with van der Waals surface area (Å²) < 4.78 is 20.6. The average molecular weight is 344 g/mol. The number of ether oxygens (including phenoxy) is 1. The van der Waals surface area contributed by atoms with E-state index in [0.717, 1.165) is 30.4 Å². The number of benzene rings is 1. The first-order chi connectivity index (χ1) is 9.70. The van der Waals surface area contributed by atoms with Crippen LogP contribution in [0.3, 0.4) is 0 Å². The van der Waals surface area contributed by atoms with Crippen LogP contribution in [0.1, 0.15) is 44.6 Å². The molecule has 1 aliphatic heterocycles. The van der Waals surface area contributed by atoms with Crippen molar-refractivity contribution >= 4 is 15.9 Å². The summed E-state index contributed by atoms with van der Waals surface area (Å²) in [5, 5.41) is 0. The molecular weight excluding hydrogens is 321 g/mol. The van der Waals surface area contributed by atoms with Crippen molar-refractivity contribution in [2.45, 2.75) is 51.9 Å². The minimum atomic E-state index is -0.193. The van der Waals surface area contributed by atoms with E-state index in [-0.39, 0.29) is 12.0 Å². The molecule has 1 aromatic carbocycles. The molecule has 1 fully saturated rings. The maximum atomic E-state index is 13.7. The maximum absolute atomic E-state index is 13.7. The average Bonchev–Trinajstić information content (AvgIpc) is 2.47. The Bertz CT molecular complexity index is 421. The van der Waals surface area contributed by atoms with Gasteiger partial charge in [0.25, 0.3) is 0 Å². The Kier molecular flexibility index (Phi) is 6.46. The van der Waals surface area contributed by atoms with Gasteiger partial charge in [-0.15, -0.1) is 0 Å². The van der Waals surface area contributed by atoms with Crippen LogP contribution in [-0.2, 0) is 11.3 Å². The van der Waals surface area contributed by atoms with Crippen LogP contribution < -0.4 is 0 Å². The first-order valence-electron chi connectivity index (χ1n) is 7.50. The van der Waals surface area contributed by atoms with Crippen molar-refractivity contribution in [3.63, 3.8) is 0 Å². The Balaban J connectivity index is 1.95. The molecule has 1 aliphatic rings. The molecule has 1 unspecified atom stereocenters. The highest BCUT2D eigenvalue weighted by atomic mass is 79.9. The lowest BCUT2D eigenvalue weighted by atomic mass is 10.1. The lowest BCUT2D eigenvalue weighted by Crippen LogP contribution is -2.40. The summed E-state index contributed by atoms with van der Waals surface area (Å²) in [6.45, 7) is 4.71. The summed E-state index contributed by atoms with van der Waals surface area (Å²) in [6.07, 6.45) is 6.02. The van der Waals surface area contributed by atoms with Crippen molar-refractivity contribution in [2.24, 2.45) is 0 Å². The van der Waals surface area contributed by atoms with Gasteiger partial charge in [0.15, 0.2) is 0 Å². The molecule has 4 heteroatoms. The second kappa shape index (κ2) is 8.11. The summed E-state index contributed by atoms with van der Waals surface area (Å²) in [4.78, 5) is 2.41. The number of likely N-dealkylation sites (tertiary alicyclic amines) is 1. The van der Waals surface area contributed by atoms with Crippen molar-refractivity contribution < 1.29 is 9.13 Å². The van der Waals surface area contributed by atoms with Gasteiger partial charge in [-0.1, -0.05) is 35.7 Å². The van der Waals surface area contributed by atoms with Crippen LogP contribution in [0.15, 0.2) is 22.7 Å². The summed E-state index contributed by atoms with van der Waals surface area (Å²) in [7, 11) is 0. The van der Waals surface area contributed by atoms with Gasteiger partial charge in [-0.3, -0.25) is 4.90 Å². The third kappa shape index (κ3) is 4.54. The smallest absolute Gasteiger partial charge is 0.128 e. The van der Waals surface area contributed by atoms with E-state index in [9.17, 15) is 4.39 Å². The highest BCUT2D eigenvalue weighted by molar-refractivity contribution is 9.10. The molecule has 0 amide bonds.